The molecule has 2 rings (SSSR count). The SMILES string of the molecule is CCCNC(Cn1nc2ccccn2c1=O)C(C)(C)C. The summed E-state index contributed by atoms with van der Waals surface area (Å²) in [6, 6.07) is 5.80. The fraction of sp³-hybridized carbons (Fsp3) is 0.600. The van der Waals surface area contributed by atoms with Crippen LogP contribution in [-0.4, -0.2) is 26.8 Å². The van der Waals surface area contributed by atoms with E-state index < -0.39 is 0 Å². The van der Waals surface area contributed by atoms with Crippen LogP contribution in [0.25, 0.3) is 5.65 Å². The molecule has 2 heterocycles. The Hall–Kier alpha value is -1.62. The summed E-state index contributed by atoms with van der Waals surface area (Å²) in [5, 5.41) is 7.92. The van der Waals surface area contributed by atoms with Crippen LogP contribution < -0.4 is 11.0 Å². The number of hydrogen-bond acceptors (Lipinski definition) is 3. The Morgan fingerprint density at radius 2 is 2.10 bits per heavy atom. The molecule has 1 N–H and O–H groups in total. The number of fused-ring (bicyclic) bond motifs is 1. The number of nitrogens with one attached hydrogen (secondary N) is 1. The molecule has 1 unspecified atom stereocenters. The molecule has 2 aromatic heterocycles. The van der Waals surface area contributed by atoms with Gasteiger partial charge in [-0.25, -0.2) is 9.48 Å². The van der Waals surface area contributed by atoms with Gasteiger partial charge in [-0.3, -0.25) is 4.40 Å². The van der Waals surface area contributed by atoms with Gasteiger partial charge in [0.2, 0.25) is 0 Å². The van der Waals surface area contributed by atoms with Crippen molar-refractivity contribution >= 4 is 5.65 Å². The first-order valence-corrected chi connectivity index (χ1v) is 7.21. The number of nitrogens with zero attached hydrogens (tertiary/aromatic N) is 3. The van der Waals surface area contributed by atoms with Gasteiger partial charge in [-0.05, 0) is 30.5 Å². The van der Waals surface area contributed by atoms with Crippen molar-refractivity contribution in [3.8, 4) is 0 Å². The molecule has 0 bridgehead atoms. The van der Waals surface area contributed by atoms with Gasteiger partial charge in [0.1, 0.15) is 0 Å². The second kappa shape index (κ2) is 5.79. The smallest absolute Gasteiger partial charge is 0.312 e. The highest BCUT2D eigenvalue weighted by Gasteiger charge is 2.25. The molecule has 110 valence electrons. The van der Waals surface area contributed by atoms with E-state index in [4.69, 9.17) is 0 Å². The number of rotatable bonds is 5. The van der Waals surface area contributed by atoms with Crippen molar-refractivity contribution in [2.24, 2.45) is 5.41 Å². The second-order valence-corrected chi connectivity index (χ2v) is 6.27. The molecule has 2 aromatic rings. The van der Waals surface area contributed by atoms with Gasteiger partial charge < -0.3 is 5.32 Å². The van der Waals surface area contributed by atoms with Crippen molar-refractivity contribution in [2.45, 2.75) is 46.7 Å². The van der Waals surface area contributed by atoms with Crippen LogP contribution >= 0.6 is 0 Å². The van der Waals surface area contributed by atoms with Crippen LogP contribution in [0.3, 0.4) is 0 Å². The summed E-state index contributed by atoms with van der Waals surface area (Å²) in [6.07, 6.45) is 2.83. The summed E-state index contributed by atoms with van der Waals surface area (Å²) in [5.74, 6) is 0. The minimum absolute atomic E-state index is 0.0738. The molecule has 0 fully saturated rings. The molecule has 20 heavy (non-hydrogen) atoms. The maximum atomic E-state index is 12.3. The van der Waals surface area contributed by atoms with Crippen molar-refractivity contribution in [1.29, 1.82) is 0 Å². The van der Waals surface area contributed by atoms with Gasteiger partial charge in [-0.1, -0.05) is 33.8 Å². The number of aromatic nitrogens is 3. The third kappa shape index (κ3) is 3.10. The van der Waals surface area contributed by atoms with Crippen LogP contribution in [-0.2, 0) is 6.54 Å². The van der Waals surface area contributed by atoms with Gasteiger partial charge in [-0.2, -0.15) is 0 Å². The number of hydrogen-bond donors (Lipinski definition) is 1. The molecule has 0 spiro atoms. The zero-order chi connectivity index (χ0) is 14.8. The Labute approximate surface area is 119 Å². The quantitative estimate of drug-likeness (QED) is 0.907. The molecule has 0 radical (unpaired) electrons. The topological polar surface area (TPSA) is 51.3 Å². The molecule has 0 saturated carbocycles. The van der Waals surface area contributed by atoms with E-state index in [-0.39, 0.29) is 17.1 Å². The van der Waals surface area contributed by atoms with E-state index in [0.29, 0.717) is 12.2 Å². The molecule has 1 atom stereocenters. The lowest BCUT2D eigenvalue weighted by Crippen LogP contribution is -2.45. The lowest BCUT2D eigenvalue weighted by Gasteiger charge is -2.31. The van der Waals surface area contributed by atoms with Crippen molar-refractivity contribution in [3.63, 3.8) is 0 Å². The van der Waals surface area contributed by atoms with E-state index in [1.165, 1.54) is 0 Å². The molecule has 0 aliphatic carbocycles. The lowest BCUT2D eigenvalue weighted by atomic mass is 9.86. The standard InChI is InChI=1S/C15H24N4O/c1-5-9-16-12(15(2,3)4)11-19-14(20)18-10-7-6-8-13(18)17-19/h6-8,10,12,16H,5,9,11H2,1-4H3. The first kappa shape index (κ1) is 14.8. The van der Waals surface area contributed by atoms with Gasteiger partial charge in [0, 0.05) is 12.2 Å². The average Bonchev–Trinajstić information content (AvgIpc) is 2.70. The van der Waals surface area contributed by atoms with Crippen molar-refractivity contribution in [2.75, 3.05) is 6.54 Å². The highest BCUT2D eigenvalue weighted by Crippen LogP contribution is 2.20. The monoisotopic (exact) mass is 276 g/mol. The van der Waals surface area contributed by atoms with E-state index in [0.717, 1.165) is 13.0 Å². The molecule has 0 amide bonds. The summed E-state index contributed by atoms with van der Waals surface area (Å²) >= 11 is 0. The third-order valence-corrected chi connectivity index (χ3v) is 3.53. The predicted molar refractivity (Wildman–Crippen MR) is 81.0 cm³/mol. The maximum Gasteiger partial charge on any atom is 0.350 e. The Morgan fingerprint density at radius 1 is 1.35 bits per heavy atom. The van der Waals surface area contributed by atoms with Crippen LogP contribution in [0.1, 0.15) is 34.1 Å². The fourth-order valence-corrected chi connectivity index (χ4v) is 2.22. The largest absolute Gasteiger partial charge is 0.350 e. The second-order valence-electron chi connectivity index (χ2n) is 6.27. The highest BCUT2D eigenvalue weighted by atomic mass is 16.2. The Bertz CT molecular complexity index is 621. The summed E-state index contributed by atoms with van der Waals surface area (Å²) in [6.45, 7) is 10.2. The normalized spacial score (nSPS) is 13.8. The summed E-state index contributed by atoms with van der Waals surface area (Å²) in [4.78, 5) is 12.3. The van der Waals surface area contributed by atoms with E-state index in [1.54, 1.807) is 15.3 Å². The van der Waals surface area contributed by atoms with Crippen LogP contribution in [0.15, 0.2) is 29.2 Å². The first-order valence-electron chi connectivity index (χ1n) is 7.21. The van der Waals surface area contributed by atoms with E-state index in [1.807, 2.05) is 18.2 Å². The van der Waals surface area contributed by atoms with Crippen molar-refractivity contribution in [3.05, 3.63) is 34.9 Å². The van der Waals surface area contributed by atoms with Crippen LogP contribution in [0.4, 0.5) is 0 Å². The zero-order valence-corrected chi connectivity index (χ0v) is 12.8. The van der Waals surface area contributed by atoms with Crippen molar-refractivity contribution < 1.29 is 0 Å². The Morgan fingerprint density at radius 3 is 2.70 bits per heavy atom. The molecular formula is C15H24N4O. The lowest BCUT2D eigenvalue weighted by molar-refractivity contribution is 0.234. The minimum Gasteiger partial charge on any atom is -0.312 e. The molecular weight excluding hydrogens is 252 g/mol. The van der Waals surface area contributed by atoms with Crippen LogP contribution in [0.5, 0.6) is 0 Å². The minimum atomic E-state index is -0.0758. The highest BCUT2D eigenvalue weighted by molar-refractivity contribution is 5.35. The van der Waals surface area contributed by atoms with Gasteiger partial charge in [0.05, 0.1) is 6.54 Å². The van der Waals surface area contributed by atoms with Crippen LogP contribution in [0, 0.1) is 5.41 Å². The van der Waals surface area contributed by atoms with Gasteiger partial charge in [0.25, 0.3) is 0 Å². The maximum absolute atomic E-state index is 12.3. The van der Waals surface area contributed by atoms with E-state index in [2.05, 4.69) is 38.1 Å². The summed E-state index contributed by atoms with van der Waals surface area (Å²) in [5.41, 5.74) is 0.693. The summed E-state index contributed by atoms with van der Waals surface area (Å²) < 4.78 is 3.15. The molecule has 0 aliphatic heterocycles. The van der Waals surface area contributed by atoms with Gasteiger partial charge in [-0.15, -0.1) is 5.10 Å². The van der Waals surface area contributed by atoms with Gasteiger partial charge in [0.15, 0.2) is 5.65 Å². The van der Waals surface area contributed by atoms with Crippen molar-refractivity contribution in [1.82, 2.24) is 19.5 Å². The third-order valence-electron chi connectivity index (χ3n) is 3.53. The molecule has 0 saturated heterocycles. The predicted octanol–water partition coefficient (Wildman–Crippen LogP) is 1.91. The summed E-state index contributed by atoms with van der Waals surface area (Å²) in [7, 11) is 0. The van der Waals surface area contributed by atoms with E-state index >= 15 is 0 Å². The fourth-order valence-electron chi connectivity index (χ4n) is 2.22. The Kier molecular flexibility index (Phi) is 4.28. The molecule has 0 aromatic carbocycles. The molecule has 0 aliphatic rings. The van der Waals surface area contributed by atoms with E-state index in [9.17, 15) is 4.79 Å². The average molecular weight is 276 g/mol. The zero-order valence-electron chi connectivity index (χ0n) is 12.8. The molecule has 5 heteroatoms. The first-order chi connectivity index (χ1) is 9.43. The Balaban J connectivity index is 2.28. The number of pyridine rings is 1. The van der Waals surface area contributed by atoms with Gasteiger partial charge >= 0.3 is 5.69 Å². The van der Waals surface area contributed by atoms with Crippen LogP contribution in [0.2, 0.25) is 0 Å². The molecule has 5 nitrogen and oxygen atoms in total.